The molecule has 0 radical (unpaired) electrons. The molecule has 9 heteroatoms. The molecule has 146 valence electrons. The van der Waals surface area contributed by atoms with E-state index in [0.717, 1.165) is 26.5 Å². The summed E-state index contributed by atoms with van der Waals surface area (Å²) in [5.41, 5.74) is 1.66. The fourth-order valence-electron chi connectivity index (χ4n) is 2.69. The van der Waals surface area contributed by atoms with Crippen molar-refractivity contribution in [2.24, 2.45) is 0 Å². The Morgan fingerprint density at radius 3 is 2.25 bits per heavy atom. The van der Waals surface area contributed by atoms with E-state index in [9.17, 15) is 14.4 Å². The Hall–Kier alpha value is -3.20. The van der Waals surface area contributed by atoms with E-state index in [0.29, 0.717) is 4.88 Å². The lowest BCUT2D eigenvalue weighted by Gasteiger charge is -2.19. The lowest BCUT2D eigenvalue weighted by atomic mass is 10.3. The van der Waals surface area contributed by atoms with Gasteiger partial charge in [0.1, 0.15) is 17.9 Å². The summed E-state index contributed by atoms with van der Waals surface area (Å²) in [7, 11) is 2.45. The van der Waals surface area contributed by atoms with Crippen LogP contribution in [0.4, 0.5) is 0 Å². The van der Waals surface area contributed by atoms with Gasteiger partial charge in [-0.05, 0) is 25.1 Å². The number of hydrogen-bond donors (Lipinski definition) is 0. The maximum absolute atomic E-state index is 13.0. The van der Waals surface area contributed by atoms with Gasteiger partial charge in [-0.3, -0.25) is 14.4 Å². The summed E-state index contributed by atoms with van der Waals surface area (Å²) in [5.74, 6) is -1.69. The topological polar surface area (TPSA) is 90.7 Å². The first-order valence-corrected chi connectivity index (χ1v) is 9.23. The summed E-state index contributed by atoms with van der Waals surface area (Å²) >= 11 is 1.25. The van der Waals surface area contributed by atoms with E-state index in [4.69, 9.17) is 0 Å². The van der Waals surface area contributed by atoms with Gasteiger partial charge in [0, 0.05) is 5.39 Å². The number of aromatic nitrogens is 2. The smallest absolute Gasteiger partial charge is 0.325 e. The number of esters is 2. The van der Waals surface area contributed by atoms with Gasteiger partial charge < -0.3 is 14.4 Å². The molecule has 2 heterocycles. The van der Waals surface area contributed by atoms with Crippen molar-refractivity contribution in [3.63, 3.8) is 0 Å². The van der Waals surface area contributed by atoms with Gasteiger partial charge >= 0.3 is 11.9 Å². The van der Waals surface area contributed by atoms with Gasteiger partial charge in [0.2, 0.25) is 0 Å². The van der Waals surface area contributed by atoms with Crippen LogP contribution in [-0.4, -0.2) is 59.8 Å². The average molecular weight is 401 g/mol. The van der Waals surface area contributed by atoms with E-state index in [-0.39, 0.29) is 13.1 Å². The van der Waals surface area contributed by atoms with Crippen LogP contribution in [0.1, 0.15) is 15.4 Å². The highest BCUT2D eigenvalue weighted by molar-refractivity contribution is 7.20. The van der Waals surface area contributed by atoms with Gasteiger partial charge in [-0.2, -0.15) is 5.10 Å². The second-order valence-electron chi connectivity index (χ2n) is 5.98. The van der Waals surface area contributed by atoms with Gasteiger partial charge in [0.25, 0.3) is 5.91 Å². The molecule has 0 bridgehead atoms. The first-order chi connectivity index (χ1) is 13.4. The number of carbonyl (C=O) groups excluding carboxylic acids is 3. The number of nitrogens with zero attached hydrogens (tertiary/aromatic N) is 3. The second kappa shape index (κ2) is 8.22. The lowest BCUT2D eigenvalue weighted by molar-refractivity contribution is -0.144. The second-order valence-corrected chi connectivity index (χ2v) is 7.01. The van der Waals surface area contributed by atoms with Crippen LogP contribution in [-0.2, 0) is 19.1 Å². The average Bonchev–Trinajstić information content (AvgIpc) is 3.28. The van der Waals surface area contributed by atoms with Gasteiger partial charge in [0.15, 0.2) is 0 Å². The SMILES string of the molecule is COC(=O)CN(CC(=O)OC)C(=O)c1cc2c(C)nn(-c3ccccc3)c2s1. The zero-order chi connectivity index (χ0) is 20.3. The lowest BCUT2D eigenvalue weighted by Crippen LogP contribution is -2.39. The fourth-order valence-corrected chi connectivity index (χ4v) is 3.84. The fraction of sp³-hybridized carbons (Fsp3) is 0.263. The third-order valence-electron chi connectivity index (χ3n) is 4.14. The summed E-state index contributed by atoms with van der Waals surface area (Å²) in [6.07, 6.45) is 0. The van der Waals surface area contributed by atoms with Crippen molar-refractivity contribution in [2.45, 2.75) is 6.92 Å². The van der Waals surface area contributed by atoms with Gasteiger partial charge in [0.05, 0.1) is 30.5 Å². The number of carbonyl (C=O) groups is 3. The molecule has 0 atom stereocenters. The summed E-state index contributed by atoms with van der Waals surface area (Å²) in [5, 5.41) is 5.38. The van der Waals surface area contributed by atoms with E-state index in [1.165, 1.54) is 25.6 Å². The predicted molar refractivity (Wildman–Crippen MR) is 104 cm³/mol. The molecule has 0 saturated heterocycles. The third-order valence-corrected chi connectivity index (χ3v) is 5.24. The molecule has 8 nitrogen and oxygen atoms in total. The molecule has 0 fully saturated rings. The summed E-state index contributed by atoms with van der Waals surface area (Å²) in [6.45, 7) is 1.17. The zero-order valence-corrected chi connectivity index (χ0v) is 16.5. The quantitative estimate of drug-likeness (QED) is 0.588. The number of fused-ring (bicyclic) bond motifs is 1. The maximum Gasteiger partial charge on any atom is 0.325 e. The van der Waals surface area contributed by atoms with Crippen molar-refractivity contribution in [3.05, 3.63) is 47.0 Å². The summed E-state index contributed by atoms with van der Waals surface area (Å²) in [6, 6.07) is 11.3. The van der Waals surface area contributed by atoms with Crippen LogP contribution in [0.3, 0.4) is 0 Å². The molecule has 3 aromatic rings. The van der Waals surface area contributed by atoms with E-state index in [1.807, 2.05) is 37.3 Å². The molecule has 0 unspecified atom stereocenters. The minimum absolute atomic E-state index is 0.345. The zero-order valence-electron chi connectivity index (χ0n) is 15.7. The Morgan fingerprint density at radius 1 is 1.07 bits per heavy atom. The van der Waals surface area contributed by atoms with Crippen LogP contribution in [0.2, 0.25) is 0 Å². The van der Waals surface area contributed by atoms with Crippen LogP contribution >= 0.6 is 11.3 Å². The number of thiophene rings is 1. The van der Waals surface area contributed by atoms with Crippen LogP contribution in [0.5, 0.6) is 0 Å². The number of para-hydroxylation sites is 1. The molecule has 28 heavy (non-hydrogen) atoms. The third kappa shape index (κ3) is 3.89. The number of benzene rings is 1. The number of hydrogen-bond acceptors (Lipinski definition) is 7. The highest BCUT2D eigenvalue weighted by Crippen LogP contribution is 2.31. The minimum atomic E-state index is -0.620. The van der Waals surface area contributed by atoms with Crippen molar-refractivity contribution >= 4 is 39.4 Å². The van der Waals surface area contributed by atoms with Crippen molar-refractivity contribution in [1.82, 2.24) is 14.7 Å². The summed E-state index contributed by atoms with van der Waals surface area (Å²) in [4.78, 5) is 38.6. The van der Waals surface area contributed by atoms with E-state index < -0.39 is 17.8 Å². The molecule has 0 aliphatic carbocycles. The number of methoxy groups -OCH3 is 2. The van der Waals surface area contributed by atoms with Crippen LogP contribution in [0.15, 0.2) is 36.4 Å². The molecule has 0 N–H and O–H groups in total. The number of aryl methyl sites for hydroxylation is 1. The Labute approximate surface area is 165 Å². The van der Waals surface area contributed by atoms with Crippen molar-refractivity contribution < 1.29 is 23.9 Å². The van der Waals surface area contributed by atoms with Gasteiger partial charge in [-0.15, -0.1) is 11.3 Å². The Bertz CT molecular complexity index is 1010. The Kier molecular flexibility index (Phi) is 5.74. The molecule has 0 aliphatic heterocycles. The van der Waals surface area contributed by atoms with Gasteiger partial charge in [-0.1, -0.05) is 18.2 Å². The highest BCUT2D eigenvalue weighted by Gasteiger charge is 2.25. The van der Waals surface area contributed by atoms with E-state index in [2.05, 4.69) is 14.6 Å². The predicted octanol–water partition coefficient (Wildman–Crippen LogP) is 2.18. The molecule has 0 saturated carbocycles. The maximum atomic E-state index is 13.0. The molecule has 3 rings (SSSR count). The van der Waals surface area contributed by atoms with Gasteiger partial charge in [-0.25, -0.2) is 4.68 Å². The molecule has 0 spiro atoms. The van der Waals surface area contributed by atoms with Crippen molar-refractivity contribution in [2.75, 3.05) is 27.3 Å². The van der Waals surface area contributed by atoms with Crippen LogP contribution < -0.4 is 0 Å². The molecule has 2 aromatic heterocycles. The number of ether oxygens (including phenoxy) is 2. The molecule has 1 aromatic carbocycles. The molecule has 1 amide bonds. The monoisotopic (exact) mass is 401 g/mol. The molecule has 0 aliphatic rings. The first-order valence-electron chi connectivity index (χ1n) is 8.42. The Morgan fingerprint density at radius 2 is 1.68 bits per heavy atom. The first kappa shape index (κ1) is 19.6. The normalized spacial score (nSPS) is 10.7. The Balaban J connectivity index is 1.98. The van der Waals surface area contributed by atoms with E-state index in [1.54, 1.807) is 10.7 Å². The van der Waals surface area contributed by atoms with Crippen LogP contribution in [0, 0.1) is 6.92 Å². The van der Waals surface area contributed by atoms with Crippen LogP contribution in [0.25, 0.3) is 15.9 Å². The largest absolute Gasteiger partial charge is 0.468 e. The number of rotatable bonds is 6. The van der Waals surface area contributed by atoms with Crippen molar-refractivity contribution in [3.8, 4) is 5.69 Å². The molecular weight excluding hydrogens is 382 g/mol. The summed E-state index contributed by atoms with van der Waals surface area (Å²) < 4.78 is 11.0. The number of amides is 1. The van der Waals surface area contributed by atoms with E-state index >= 15 is 0 Å². The highest BCUT2D eigenvalue weighted by atomic mass is 32.1. The minimum Gasteiger partial charge on any atom is -0.468 e. The van der Waals surface area contributed by atoms with Crippen molar-refractivity contribution in [1.29, 1.82) is 0 Å². The standard InChI is InChI=1S/C19H19N3O5S/c1-12-14-9-15(18(25)21(10-16(23)26-2)11-17(24)27-3)28-19(14)22(20-12)13-7-5-4-6-8-13/h4-9H,10-11H2,1-3H3. The molecular formula is C19H19N3O5S.